The molecule has 2 aromatic rings. The molecule has 0 saturated carbocycles. The number of aryl methyl sites for hydroxylation is 1. The number of hydrogen-bond acceptors (Lipinski definition) is 7. The smallest absolute Gasteiger partial charge is 0.387 e. The highest BCUT2D eigenvalue weighted by Gasteiger charge is 2.30. The lowest BCUT2D eigenvalue weighted by Gasteiger charge is -2.33. The molecular weight excluding hydrogens is 436 g/mol. The summed E-state index contributed by atoms with van der Waals surface area (Å²) in [6.07, 6.45) is 2.75. The van der Waals surface area contributed by atoms with E-state index in [1.165, 1.54) is 46.7 Å². The van der Waals surface area contributed by atoms with Crippen LogP contribution in [0.3, 0.4) is 0 Å². The van der Waals surface area contributed by atoms with Gasteiger partial charge in [0.05, 0.1) is 19.9 Å². The van der Waals surface area contributed by atoms with Gasteiger partial charge in [-0.2, -0.15) is 18.2 Å². The predicted octanol–water partition coefficient (Wildman–Crippen LogP) is 0.975. The summed E-state index contributed by atoms with van der Waals surface area (Å²) in [5.74, 6) is -0.401. The van der Waals surface area contributed by atoms with Crippen molar-refractivity contribution in [1.82, 2.24) is 19.0 Å². The molecule has 0 spiro atoms. The van der Waals surface area contributed by atoms with Gasteiger partial charge in [0, 0.05) is 51.2 Å². The van der Waals surface area contributed by atoms with E-state index < -0.39 is 16.6 Å². The number of amides is 1. The lowest BCUT2D eigenvalue weighted by molar-refractivity contribution is -0.117. The van der Waals surface area contributed by atoms with Gasteiger partial charge in [-0.25, -0.2) is 8.42 Å². The molecule has 1 fully saturated rings. The normalized spacial score (nSPS) is 15.8. The van der Waals surface area contributed by atoms with Crippen LogP contribution in [0.15, 0.2) is 35.5 Å². The van der Waals surface area contributed by atoms with Crippen LogP contribution in [0.25, 0.3) is 0 Å². The van der Waals surface area contributed by atoms with Crippen LogP contribution in [0, 0.1) is 0 Å². The first-order valence-corrected chi connectivity index (χ1v) is 10.8. The third kappa shape index (κ3) is 5.68. The molecule has 1 aliphatic rings. The lowest BCUT2D eigenvalue weighted by Crippen LogP contribution is -2.50. The second-order valence-electron chi connectivity index (χ2n) is 6.82. The van der Waals surface area contributed by atoms with Crippen molar-refractivity contribution in [1.29, 1.82) is 0 Å². The summed E-state index contributed by atoms with van der Waals surface area (Å²) in [5, 5.41) is 6.57. The number of methoxy groups -OCH3 is 1. The molecule has 0 radical (unpaired) electrons. The summed E-state index contributed by atoms with van der Waals surface area (Å²) in [4.78, 5) is 14.3. The molecule has 3 rings (SSSR count). The number of aromatic nitrogens is 2. The number of alkyl halides is 2. The first-order valence-electron chi connectivity index (χ1n) is 9.33. The number of hydrogen-bond donors (Lipinski definition) is 1. The average Bonchev–Trinajstić information content (AvgIpc) is 3.16. The van der Waals surface area contributed by atoms with Crippen molar-refractivity contribution in [3.8, 4) is 11.5 Å². The molecule has 0 bridgehead atoms. The van der Waals surface area contributed by atoms with Crippen LogP contribution in [0.5, 0.6) is 11.5 Å². The summed E-state index contributed by atoms with van der Waals surface area (Å²) in [7, 11) is -0.671. The first kappa shape index (κ1) is 22.9. The Morgan fingerprint density at radius 2 is 1.94 bits per heavy atom. The molecule has 1 aromatic heterocycles. The molecule has 2 heterocycles. The number of benzene rings is 1. The first-order chi connectivity index (χ1) is 14.7. The topological polar surface area (TPSA) is 106 Å². The summed E-state index contributed by atoms with van der Waals surface area (Å²) in [6.45, 7) is -1.67. The van der Waals surface area contributed by atoms with Gasteiger partial charge >= 0.3 is 6.61 Å². The number of nitrogens with zero attached hydrogens (tertiary/aromatic N) is 4. The summed E-state index contributed by atoms with van der Waals surface area (Å²) in [5.41, 5.74) is 0.362. The molecule has 10 nitrogen and oxygen atoms in total. The molecule has 0 unspecified atom stereocenters. The summed E-state index contributed by atoms with van der Waals surface area (Å²) >= 11 is 0. The van der Waals surface area contributed by atoms with E-state index in [2.05, 4.69) is 15.2 Å². The lowest BCUT2D eigenvalue weighted by atomic mass is 10.2. The van der Waals surface area contributed by atoms with Gasteiger partial charge in [0.1, 0.15) is 4.90 Å². The van der Waals surface area contributed by atoms with Gasteiger partial charge in [0.2, 0.25) is 15.9 Å². The number of carbonyl (C=O) groups is 1. The Hall–Kier alpha value is -2.77. The third-order valence-electron chi connectivity index (χ3n) is 4.68. The minimum absolute atomic E-state index is 0.0539. The highest BCUT2D eigenvalue weighted by Crippen LogP contribution is 2.31. The van der Waals surface area contributed by atoms with Crippen LogP contribution < -0.4 is 14.8 Å². The molecule has 170 valence electrons. The number of ether oxygens (including phenoxy) is 2. The van der Waals surface area contributed by atoms with Crippen molar-refractivity contribution < 1.29 is 31.5 Å². The van der Waals surface area contributed by atoms with E-state index in [0.29, 0.717) is 18.8 Å². The van der Waals surface area contributed by atoms with Crippen LogP contribution >= 0.6 is 0 Å². The van der Waals surface area contributed by atoms with E-state index in [1.54, 1.807) is 7.05 Å². The van der Waals surface area contributed by atoms with Crippen molar-refractivity contribution in [3.05, 3.63) is 30.6 Å². The average molecular weight is 459 g/mol. The fourth-order valence-electron chi connectivity index (χ4n) is 3.15. The maximum Gasteiger partial charge on any atom is 0.387 e. The quantitative estimate of drug-likeness (QED) is 0.627. The van der Waals surface area contributed by atoms with Gasteiger partial charge < -0.3 is 14.8 Å². The van der Waals surface area contributed by atoms with E-state index in [4.69, 9.17) is 4.74 Å². The molecule has 1 amide bonds. The van der Waals surface area contributed by atoms with Gasteiger partial charge in [-0.05, 0) is 12.1 Å². The fraction of sp³-hybridized carbons (Fsp3) is 0.444. The summed E-state index contributed by atoms with van der Waals surface area (Å²) < 4.78 is 62.2. The Balaban J connectivity index is 1.53. The van der Waals surface area contributed by atoms with E-state index in [1.807, 2.05) is 4.90 Å². The molecule has 1 aliphatic heterocycles. The van der Waals surface area contributed by atoms with Gasteiger partial charge in [-0.15, -0.1) is 0 Å². The van der Waals surface area contributed by atoms with Crippen molar-refractivity contribution in [2.75, 3.05) is 45.2 Å². The van der Waals surface area contributed by atoms with E-state index in [9.17, 15) is 22.0 Å². The third-order valence-corrected chi connectivity index (χ3v) is 6.53. The number of piperazine rings is 1. The van der Waals surface area contributed by atoms with Gasteiger partial charge in [0.15, 0.2) is 11.5 Å². The Bertz CT molecular complexity index is 1020. The molecular formula is C18H23F2N5O5S. The monoisotopic (exact) mass is 459 g/mol. The second kappa shape index (κ2) is 9.58. The van der Waals surface area contributed by atoms with Crippen molar-refractivity contribution >= 4 is 21.6 Å². The van der Waals surface area contributed by atoms with Crippen LogP contribution in [-0.2, 0) is 21.9 Å². The van der Waals surface area contributed by atoms with Crippen LogP contribution in [0.2, 0.25) is 0 Å². The van der Waals surface area contributed by atoms with Crippen molar-refractivity contribution in [3.63, 3.8) is 0 Å². The van der Waals surface area contributed by atoms with E-state index >= 15 is 0 Å². The van der Waals surface area contributed by atoms with Crippen molar-refractivity contribution in [2.24, 2.45) is 7.05 Å². The van der Waals surface area contributed by atoms with Crippen LogP contribution in [-0.4, -0.2) is 79.8 Å². The Morgan fingerprint density at radius 1 is 1.23 bits per heavy atom. The number of nitrogens with one attached hydrogen (secondary N) is 1. The number of carbonyl (C=O) groups excluding carboxylic acids is 1. The predicted molar refractivity (Wildman–Crippen MR) is 107 cm³/mol. The van der Waals surface area contributed by atoms with Crippen LogP contribution in [0.4, 0.5) is 14.5 Å². The fourth-order valence-corrected chi connectivity index (χ4v) is 4.56. The highest BCUT2D eigenvalue weighted by atomic mass is 32.2. The molecule has 1 saturated heterocycles. The number of sulfonamides is 1. The number of rotatable bonds is 8. The molecule has 13 heteroatoms. The zero-order valence-electron chi connectivity index (χ0n) is 17.0. The highest BCUT2D eigenvalue weighted by molar-refractivity contribution is 7.89. The maximum absolute atomic E-state index is 12.6. The van der Waals surface area contributed by atoms with E-state index in [0.717, 1.165) is 0 Å². The van der Waals surface area contributed by atoms with Gasteiger partial charge in [-0.3, -0.25) is 14.4 Å². The van der Waals surface area contributed by atoms with E-state index in [-0.39, 0.29) is 41.9 Å². The number of halogens is 2. The van der Waals surface area contributed by atoms with Gasteiger partial charge in [0.25, 0.3) is 0 Å². The Kier molecular flexibility index (Phi) is 7.08. The Labute approximate surface area is 178 Å². The second-order valence-corrected chi connectivity index (χ2v) is 8.76. The summed E-state index contributed by atoms with van der Waals surface area (Å²) in [6, 6.07) is 4.09. The Morgan fingerprint density at radius 3 is 2.52 bits per heavy atom. The minimum atomic E-state index is -3.62. The van der Waals surface area contributed by atoms with Crippen molar-refractivity contribution in [2.45, 2.75) is 11.5 Å². The molecule has 1 N–H and O–H groups in total. The molecule has 0 aliphatic carbocycles. The zero-order valence-corrected chi connectivity index (χ0v) is 17.8. The van der Waals surface area contributed by atoms with Crippen LogP contribution in [0.1, 0.15) is 0 Å². The minimum Gasteiger partial charge on any atom is -0.493 e. The number of anilines is 1. The standard InChI is InChI=1S/C18H23F2N5O5S/c1-23-11-14(10-21-23)31(27,28)25-7-5-24(6-8-25)12-17(26)22-13-3-4-15(30-18(19)20)16(9-13)29-2/h3-4,9-11,18H,5-8,12H2,1-2H3,(H,22,26). The molecule has 0 atom stereocenters. The molecule has 1 aromatic carbocycles. The largest absolute Gasteiger partial charge is 0.493 e. The maximum atomic E-state index is 12.6. The zero-order chi connectivity index (χ0) is 22.6. The molecule has 31 heavy (non-hydrogen) atoms. The SMILES string of the molecule is COc1cc(NC(=O)CN2CCN(S(=O)(=O)c3cnn(C)c3)CC2)ccc1OC(F)F. The van der Waals surface area contributed by atoms with Gasteiger partial charge in [-0.1, -0.05) is 0 Å².